The van der Waals surface area contributed by atoms with Gasteiger partial charge in [-0.15, -0.1) is 0 Å². The highest BCUT2D eigenvalue weighted by Gasteiger charge is 2.43. The number of hydrogen-bond acceptors (Lipinski definition) is 7. The molecule has 0 amide bonds. The Balaban J connectivity index is 5.18. The Kier molecular flexibility index (Phi) is 7.91. The Morgan fingerprint density at radius 3 is 1.23 bits per heavy atom. The fourth-order valence-electron chi connectivity index (χ4n) is 1.11. The summed E-state index contributed by atoms with van der Waals surface area (Å²) in [4.78, 5) is 44.7. The molecule has 0 unspecified atom stereocenters. The summed E-state index contributed by atoms with van der Waals surface area (Å²) in [5.74, 6) is -4.12. The van der Waals surface area contributed by atoms with E-state index in [0.29, 0.717) is 0 Å². The van der Waals surface area contributed by atoms with E-state index in [9.17, 15) is 24.3 Å². The van der Waals surface area contributed by atoms with Crippen LogP contribution in [0.4, 0.5) is 0 Å². The average molecular weight is 312 g/mol. The number of ether oxygens (including phenoxy) is 3. The van der Waals surface area contributed by atoms with Crippen molar-refractivity contribution < 1.29 is 38.5 Å². The molecule has 0 aliphatic heterocycles. The Morgan fingerprint density at radius 1 is 0.773 bits per heavy atom. The highest BCUT2D eigenvalue weighted by Crippen LogP contribution is 2.21. The standard InChI is InChI=1S/C14H16O8/c1-4-10(15)20-7-14(13(18)19,8-21-11(16)5-2)9-22-12(17)6-3/h4-6H,1-3,7-9H2,(H,18,19). The second kappa shape index (κ2) is 9.11. The van der Waals surface area contributed by atoms with E-state index < -0.39 is 49.1 Å². The molecule has 22 heavy (non-hydrogen) atoms. The molecule has 0 saturated carbocycles. The van der Waals surface area contributed by atoms with Gasteiger partial charge >= 0.3 is 23.9 Å². The van der Waals surface area contributed by atoms with Crippen molar-refractivity contribution in [3.05, 3.63) is 38.0 Å². The van der Waals surface area contributed by atoms with Gasteiger partial charge in [-0.25, -0.2) is 14.4 Å². The lowest BCUT2D eigenvalue weighted by molar-refractivity contribution is -0.171. The zero-order valence-electron chi connectivity index (χ0n) is 11.8. The van der Waals surface area contributed by atoms with Crippen molar-refractivity contribution in [2.75, 3.05) is 19.8 Å². The van der Waals surface area contributed by atoms with Crippen molar-refractivity contribution in [2.45, 2.75) is 0 Å². The van der Waals surface area contributed by atoms with Crippen molar-refractivity contribution in [1.29, 1.82) is 0 Å². The largest absolute Gasteiger partial charge is 0.481 e. The van der Waals surface area contributed by atoms with Crippen molar-refractivity contribution in [2.24, 2.45) is 5.41 Å². The maximum absolute atomic E-state index is 11.5. The number of carbonyl (C=O) groups excluding carboxylic acids is 3. The minimum absolute atomic E-state index is 0.692. The molecule has 0 radical (unpaired) electrons. The van der Waals surface area contributed by atoms with E-state index in [1.54, 1.807) is 0 Å². The quantitative estimate of drug-likeness (QED) is 0.346. The number of carboxylic acids is 1. The number of hydrogen-bond donors (Lipinski definition) is 1. The second-order valence-electron chi connectivity index (χ2n) is 4.02. The van der Waals surface area contributed by atoms with Gasteiger partial charge in [0.05, 0.1) is 0 Å². The predicted octanol–water partition coefficient (Wildman–Crippen LogP) is 0.245. The third-order valence-electron chi connectivity index (χ3n) is 2.43. The Labute approximate surface area is 126 Å². The van der Waals surface area contributed by atoms with Gasteiger partial charge < -0.3 is 19.3 Å². The molecular weight excluding hydrogens is 296 g/mol. The van der Waals surface area contributed by atoms with Crippen LogP contribution in [0.2, 0.25) is 0 Å². The number of rotatable bonds is 10. The molecule has 0 atom stereocenters. The summed E-state index contributed by atoms with van der Waals surface area (Å²) in [6, 6.07) is 0. The minimum Gasteiger partial charge on any atom is -0.481 e. The van der Waals surface area contributed by atoms with Gasteiger partial charge in [-0.1, -0.05) is 19.7 Å². The molecular formula is C14H16O8. The van der Waals surface area contributed by atoms with Gasteiger partial charge in [0.15, 0.2) is 5.41 Å². The predicted molar refractivity (Wildman–Crippen MR) is 73.5 cm³/mol. The average Bonchev–Trinajstić information content (AvgIpc) is 2.52. The van der Waals surface area contributed by atoms with Crippen LogP contribution in [0.15, 0.2) is 38.0 Å². The van der Waals surface area contributed by atoms with Crippen LogP contribution in [0.25, 0.3) is 0 Å². The highest BCUT2D eigenvalue weighted by molar-refractivity contribution is 5.84. The minimum atomic E-state index is -1.96. The van der Waals surface area contributed by atoms with E-state index in [0.717, 1.165) is 18.2 Å². The normalized spacial score (nSPS) is 10.0. The SMILES string of the molecule is C=CC(=O)OCC(COC(=O)C=C)(COC(=O)C=C)C(=O)O. The first-order chi connectivity index (χ1) is 10.3. The molecule has 0 rings (SSSR count). The van der Waals surface area contributed by atoms with E-state index in [-0.39, 0.29) is 0 Å². The molecule has 0 saturated heterocycles. The lowest BCUT2D eigenvalue weighted by Crippen LogP contribution is -2.45. The van der Waals surface area contributed by atoms with Crippen LogP contribution in [0.1, 0.15) is 0 Å². The molecule has 120 valence electrons. The zero-order valence-corrected chi connectivity index (χ0v) is 11.8. The van der Waals surface area contributed by atoms with Crippen molar-refractivity contribution in [3.8, 4) is 0 Å². The van der Waals surface area contributed by atoms with E-state index in [1.165, 1.54) is 0 Å². The molecule has 8 heteroatoms. The monoisotopic (exact) mass is 312 g/mol. The first-order valence-electron chi connectivity index (χ1n) is 5.92. The third-order valence-corrected chi connectivity index (χ3v) is 2.43. The van der Waals surface area contributed by atoms with Crippen LogP contribution < -0.4 is 0 Å². The Morgan fingerprint density at radius 2 is 1.05 bits per heavy atom. The van der Waals surface area contributed by atoms with Crippen LogP contribution in [0.5, 0.6) is 0 Å². The van der Waals surface area contributed by atoms with Crippen molar-refractivity contribution in [3.63, 3.8) is 0 Å². The lowest BCUT2D eigenvalue weighted by atomic mass is 9.91. The summed E-state index contributed by atoms with van der Waals surface area (Å²) in [6.07, 6.45) is 2.49. The Hall–Kier alpha value is -2.90. The first kappa shape index (κ1) is 19.1. The molecule has 0 aromatic rings. The number of carboxylic acid groups (broad SMARTS) is 1. The summed E-state index contributed by atoms with van der Waals surface area (Å²) in [6.45, 7) is 7.41. The van der Waals surface area contributed by atoms with Crippen molar-refractivity contribution in [1.82, 2.24) is 0 Å². The fraction of sp³-hybridized carbons (Fsp3) is 0.286. The summed E-state index contributed by atoms with van der Waals surface area (Å²) in [5.41, 5.74) is -1.96. The van der Waals surface area contributed by atoms with E-state index >= 15 is 0 Å². The summed E-state index contributed by atoms with van der Waals surface area (Å²) < 4.78 is 14.0. The number of aliphatic carboxylic acids is 1. The number of esters is 3. The molecule has 0 aliphatic rings. The summed E-state index contributed by atoms with van der Waals surface area (Å²) in [5, 5.41) is 9.33. The first-order valence-corrected chi connectivity index (χ1v) is 5.92. The lowest BCUT2D eigenvalue weighted by Gasteiger charge is -2.27. The van der Waals surface area contributed by atoms with E-state index in [1.807, 2.05) is 0 Å². The van der Waals surface area contributed by atoms with Gasteiger partial charge in [-0.3, -0.25) is 4.79 Å². The molecule has 1 N–H and O–H groups in total. The van der Waals surface area contributed by atoms with Crippen LogP contribution in [0, 0.1) is 5.41 Å². The van der Waals surface area contributed by atoms with Gasteiger partial charge in [0.25, 0.3) is 0 Å². The van der Waals surface area contributed by atoms with Gasteiger partial charge in [0, 0.05) is 18.2 Å². The second-order valence-corrected chi connectivity index (χ2v) is 4.02. The highest BCUT2D eigenvalue weighted by atomic mass is 16.6. The number of carbonyl (C=O) groups is 4. The molecule has 0 aliphatic carbocycles. The maximum Gasteiger partial charge on any atom is 0.330 e. The van der Waals surface area contributed by atoms with E-state index in [4.69, 9.17) is 0 Å². The maximum atomic E-state index is 11.5. The van der Waals surface area contributed by atoms with Gasteiger partial charge in [0.1, 0.15) is 19.8 Å². The topological polar surface area (TPSA) is 116 Å². The van der Waals surface area contributed by atoms with Crippen LogP contribution in [-0.2, 0) is 33.4 Å². The van der Waals surface area contributed by atoms with Gasteiger partial charge in [-0.05, 0) is 0 Å². The van der Waals surface area contributed by atoms with Gasteiger partial charge in [-0.2, -0.15) is 0 Å². The summed E-state index contributed by atoms with van der Waals surface area (Å²) in [7, 11) is 0. The van der Waals surface area contributed by atoms with Crippen molar-refractivity contribution >= 4 is 23.9 Å². The molecule has 0 aromatic carbocycles. The zero-order chi connectivity index (χ0) is 17.2. The smallest absolute Gasteiger partial charge is 0.330 e. The third kappa shape index (κ3) is 6.04. The molecule has 8 nitrogen and oxygen atoms in total. The summed E-state index contributed by atoms with van der Waals surface area (Å²) >= 11 is 0. The van der Waals surface area contributed by atoms with E-state index in [2.05, 4.69) is 33.9 Å². The molecule has 0 fully saturated rings. The van der Waals surface area contributed by atoms with Crippen LogP contribution in [-0.4, -0.2) is 48.8 Å². The molecule has 0 aromatic heterocycles. The van der Waals surface area contributed by atoms with Gasteiger partial charge in [0.2, 0.25) is 0 Å². The van der Waals surface area contributed by atoms with Crippen LogP contribution >= 0.6 is 0 Å². The Bertz CT molecular complexity index is 431. The van der Waals surface area contributed by atoms with Crippen LogP contribution in [0.3, 0.4) is 0 Å². The molecule has 0 spiro atoms. The molecule has 0 heterocycles. The fourth-order valence-corrected chi connectivity index (χ4v) is 1.11. The molecule has 0 bridgehead atoms.